The zero-order chi connectivity index (χ0) is 22.8. The monoisotopic (exact) mass is 436 g/mol. The number of methoxy groups -OCH3 is 1. The van der Waals surface area contributed by atoms with Crippen LogP contribution in [0.25, 0.3) is 33.1 Å². The van der Waals surface area contributed by atoms with Gasteiger partial charge in [0.25, 0.3) is 0 Å². The van der Waals surface area contributed by atoms with Crippen LogP contribution in [0.3, 0.4) is 0 Å². The molecule has 2 N–H and O–H groups in total. The van der Waals surface area contributed by atoms with Gasteiger partial charge in [0.2, 0.25) is 0 Å². The number of benzene rings is 2. The van der Waals surface area contributed by atoms with E-state index in [0.29, 0.717) is 39.8 Å². The molecule has 2 heterocycles. The maximum atomic E-state index is 12.9. The molecule has 0 saturated heterocycles. The van der Waals surface area contributed by atoms with Gasteiger partial charge in [-0.15, -0.1) is 0 Å². The number of phenolic OH excluding ortho intramolecular Hbond substituents is 1. The highest BCUT2D eigenvalue weighted by molar-refractivity contribution is 5.97. The van der Waals surface area contributed by atoms with Crippen molar-refractivity contribution in [2.24, 2.45) is 0 Å². The minimum Gasteiger partial charge on any atom is -0.507 e. The van der Waals surface area contributed by atoms with Crippen LogP contribution in [0.5, 0.6) is 11.5 Å². The van der Waals surface area contributed by atoms with Crippen LogP contribution in [0.2, 0.25) is 0 Å². The van der Waals surface area contributed by atoms with Gasteiger partial charge in [-0.2, -0.15) is 0 Å². The summed E-state index contributed by atoms with van der Waals surface area (Å²) in [5.41, 5.74) is 0.630. The number of fused-ring (bicyclic) bond motifs is 2. The van der Waals surface area contributed by atoms with E-state index in [2.05, 4.69) is 6.92 Å². The molecular formula is C25H26NO6+. The highest BCUT2D eigenvalue weighted by Crippen LogP contribution is 2.33. The lowest BCUT2D eigenvalue weighted by Gasteiger charge is -2.16. The first kappa shape index (κ1) is 21.6. The number of ether oxygens (including phenoxy) is 1. The lowest BCUT2D eigenvalue weighted by atomic mass is 9.99. The molecule has 7 nitrogen and oxygen atoms in total. The molecule has 0 saturated carbocycles. The van der Waals surface area contributed by atoms with Crippen molar-refractivity contribution in [3.05, 3.63) is 68.9 Å². The third kappa shape index (κ3) is 3.99. The number of unbranched alkanes of at least 4 members (excludes halogenated alkanes) is 1. The second-order valence-corrected chi connectivity index (χ2v) is 7.98. The van der Waals surface area contributed by atoms with Crippen LogP contribution in [0.1, 0.15) is 25.3 Å². The average Bonchev–Trinajstić information content (AvgIpc) is 2.78. The molecule has 0 aliphatic heterocycles. The van der Waals surface area contributed by atoms with Gasteiger partial charge in [0.1, 0.15) is 12.3 Å². The molecule has 2 aromatic heterocycles. The van der Waals surface area contributed by atoms with Gasteiger partial charge in [0.05, 0.1) is 31.8 Å². The van der Waals surface area contributed by atoms with Crippen molar-refractivity contribution in [3.63, 3.8) is 0 Å². The Morgan fingerprint density at radius 2 is 1.84 bits per heavy atom. The Bertz CT molecular complexity index is 1400. The Morgan fingerprint density at radius 1 is 1.03 bits per heavy atom. The quantitative estimate of drug-likeness (QED) is 0.433. The second-order valence-electron chi connectivity index (χ2n) is 7.98. The summed E-state index contributed by atoms with van der Waals surface area (Å²) in [4.78, 5) is 26.5. The molecular weight excluding hydrogens is 410 g/mol. The van der Waals surface area contributed by atoms with Crippen LogP contribution >= 0.6 is 0 Å². The third-order valence-corrected chi connectivity index (χ3v) is 5.66. The van der Waals surface area contributed by atoms with Crippen LogP contribution in [-0.4, -0.2) is 25.8 Å². The van der Waals surface area contributed by atoms with Gasteiger partial charge >= 0.3 is 11.3 Å². The first-order valence-electron chi connectivity index (χ1n) is 10.6. The third-order valence-electron chi connectivity index (χ3n) is 5.66. The second kappa shape index (κ2) is 8.88. The van der Waals surface area contributed by atoms with Gasteiger partial charge in [-0.05, 0) is 30.7 Å². The highest BCUT2D eigenvalue weighted by Gasteiger charge is 2.20. The predicted octanol–water partition coefficient (Wildman–Crippen LogP) is 3.10. The van der Waals surface area contributed by atoms with Gasteiger partial charge < -0.3 is 23.6 Å². The van der Waals surface area contributed by atoms with Crippen molar-refractivity contribution in [1.29, 1.82) is 0 Å². The molecule has 1 unspecified atom stereocenters. The molecule has 0 fully saturated rings. The first-order valence-corrected chi connectivity index (χ1v) is 10.6. The molecule has 2 aromatic carbocycles. The predicted molar refractivity (Wildman–Crippen MR) is 123 cm³/mol. The van der Waals surface area contributed by atoms with E-state index >= 15 is 0 Å². The molecule has 4 rings (SSSR count). The Balaban J connectivity index is 1.93. The number of nitrogens with one attached hydrogen (secondary N) is 1. The van der Waals surface area contributed by atoms with E-state index in [1.165, 1.54) is 18.1 Å². The van der Waals surface area contributed by atoms with E-state index in [1.54, 1.807) is 36.4 Å². The SMILES string of the molecule is CCCC[NH+](C)Cc1c(O)ccc2c(-c3cc4cccc(OC)c4oc3=O)cc(=O)oc12. The smallest absolute Gasteiger partial charge is 0.344 e. The highest BCUT2D eigenvalue weighted by atomic mass is 16.5. The first-order chi connectivity index (χ1) is 15.4. The Hall–Kier alpha value is -3.58. The minimum absolute atomic E-state index is 0.0592. The molecule has 0 radical (unpaired) electrons. The van der Waals surface area contributed by atoms with Crippen molar-refractivity contribution in [2.45, 2.75) is 26.3 Å². The minimum atomic E-state index is -0.601. The summed E-state index contributed by atoms with van der Waals surface area (Å²) in [6, 6.07) is 11.5. The number of phenols is 1. The van der Waals surface area contributed by atoms with E-state index in [-0.39, 0.29) is 16.9 Å². The standard InChI is InChI=1S/C25H25NO6/c1-4-5-11-26(2)14-19-20(27)10-9-16-17(13-22(28)31-24(16)19)18-12-15-7-6-8-21(30-3)23(15)32-25(18)29/h6-10,12-13,27H,4-5,11,14H2,1-3H3/p+1. The zero-order valence-corrected chi connectivity index (χ0v) is 18.4. The lowest BCUT2D eigenvalue weighted by molar-refractivity contribution is -0.893. The summed E-state index contributed by atoms with van der Waals surface area (Å²) in [5.74, 6) is 0.512. The fourth-order valence-corrected chi connectivity index (χ4v) is 4.00. The molecule has 4 aromatic rings. The topological polar surface area (TPSA) is 94.3 Å². The number of quaternary nitrogens is 1. The normalized spacial score (nSPS) is 12.3. The number of hydrogen-bond acceptors (Lipinski definition) is 6. The van der Waals surface area contributed by atoms with Crippen LogP contribution < -0.4 is 20.9 Å². The molecule has 7 heteroatoms. The number of para-hydroxylation sites is 1. The van der Waals surface area contributed by atoms with Gasteiger partial charge in [-0.25, -0.2) is 9.59 Å². The number of hydrogen-bond donors (Lipinski definition) is 2. The van der Waals surface area contributed by atoms with Crippen LogP contribution in [0.15, 0.2) is 60.9 Å². The summed E-state index contributed by atoms with van der Waals surface area (Å²) in [6.45, 7) is 3.53. The summed E-state index contributed by atoms with van der Waals surface area (Å²) >= 11 is 0. The number of aromatic hydroxyl groups is 1. The fraction of sp³-hybridized carbons (Fsp3) is 0.280. The summed E-state index contributed by atoms with van der Waals surface area (Å²) in [7, 11) is 3.54. The van der Waals surface area contributed by atoms with Crippen LogP contribution in [0.4, 0.5) is 0 Å². The van der Waals surface area contributed by atoms with E-state index < -0.39 is 11.3 Å². The zero-order valence-electron chi connectivity index (χ0n) is 18.4. The maximum absolute atomic E-state index is 12.9. The van der Waals surface area contributed by atoms with Gasteiger partial charge in [0.15, 0.2) is 16.9 Å². The molecule has 0 aliphatic rings. The van der Waals surface area contributed by atoms with Gasteiger partial charge in [-0.1, -0.05) is 25.5 Å². The maximum Gasteiger partial charge on any atom is 0.344 e. The Labute approximate surface area is 184 Å². The van der Waals surface area contributed by atoms with Crippen LogP contribution in [0, 0.1) is 0 Å². The van der Waals surface area contributed by atoms with Crippen molar-refractivity contribution in [1.82, 2.24) is 0 Å². The molecule has 166 valence electrons. The van der Waals surface area contributed by atoms with E-state index in [1.807, 2.05) is 7.05 Å². The Morgan fingerprint density at radius 3 is 2.59 bits per heavy atom. The van der Waals surface area contributed by atoms with Gasteiger partial charge in [0, 0.05) is 22.4 Å². The van der Waals surface area contributed by atoms with Crippen molar-refractivity contribution < 1.29 is 23.6 Å². The molecule has 0 bridgehead atoms. The summed E-state index contributed by atoms with van der Waals surface area (Å²) < 4.78 is 16.4. The van der Waals surface area contributed by atoms with Crippen molar-refractivity contribution in [3.8, 4) is 22.6 Å². The Kier molecular flexibility index (Phi) is 6.01. The molecule has 1 atom stereocenters. The molecule has 0 amide bonds. The fourth-order valence-electron chi connectivity index (χ4n) is 4.00. The van der Waals surface area contributed by atoms with E-state index in [4.69, 9.17) is 13.6 Å². The van der Waals surface area contributed by atoms with E-state index in [0.717, 1.165) is 19.4 Å². The molecule has 0 spiro atoms. The van der Waals surface area contributed by atoms with Gasteiger partial charge in [-0.3, -0.25) is 0 Å². The molecule has 32 heavy (non-hydrogen) atoms. The van der Waals surface area contributed by atoms with Crippen molar-refractivity contribution >= 4 is 21.9 Å². The lowest BCUT2D eigenvalue weighted by Crippen LogP contribution is -3.07. The van der Waals surface area contributed by atoms with Crippen molar-refractivity contribution in [2.75, 3.05) is 20.7 Å². The van der Waals surface area contributed by atoms with Crippen LogP contribution in [-0.2, 0) is 6.54 Å². The number of rotatable bonds is 7. The largest absolute Gasteiger partial charge is 0.507 e. The van der Waals surface area contributed by atoms with E-state index in [9.17, 15) is 14.7 Å². The summed E-state index contributed by atoms with van der Waals surface area (Å²) in [5, 5.41) is 11.8. The average molecular weight is 436 g/mol. The summed E-state index contributed by atoms with van der Waals surface area (Å²) in [6.07, 6.45) is 2.12. The molecule has 0 aliphatic carbocycles.